The van der Waals surface area contributed by atoms with E-state index in [0.29, 0.717) is 0 Å². The van der Waals surface area contributed by atoms with Crippen molar-refractivity contribution < 1.29 is 0 Å². The Morgan fingerprint density at radius 1 is 0.714 bits per heavy atom. The van der Waals surface area contributed by atoms with E-state index in [1.54, 1.807) is 0 Å². The van der Waals surface area contributed by atoms with Crippen LogP contribution < -0.4 is 0 Å². The summed E-state index contributed by atoms with van der Waals surface area (Å²) in [5.41, 5.74) is 0. The van der Waals surface area contributed by atoms with Crippen LogP contribution in [0.5, 0.6) is 0 Å². The van der Waals surface area contributed by atoms with Crippen molar-refractivity contribution in [1.82, 2.24) is 0 Å². The molecule has 4 bridgehead atoms. The lowest BCUT2D eigenvalue weighted by atomic mass is 9.56. The molecule has 0 aromatic carbocycles. The topological polar surface area (TPSA) is 0 Å². The van der Waals surface area contributed by atoms with Gasteiger partial charge in [-0.25, -0.2) is 0 Å². The molecule has 0 aromatic rings. The highest BCUT2D eigenvalue weighted by Crippen LogP contribution is 2.72. The van der Waals surface area contributed by atoms with E-state index < -0.39 is 0 Å². The Balaban J connectivity index is 2.10. The molecule has 0 nitrogen and oxygen atoms in total. The zero-order valence-electron chi connectivity index (χ0n) is 7.70. The van der Waals surface area contributed by atoms with E-state index in [0.717, 1.165) is 11.8 Å². The summed E-state index contributed by atoms with van der Waals surface area (Å²) in [6, 6.07) is 0. The monoisotopic (exact) mass is 448 g/mol. The quantitative estimate of drug-likeness (QED) is 0.457. The van der Waals surface area contributed by atoms with Gasteiger partial charge >= 0.3 is 0 Å². The third kappa shape index (κ3) is 1.20. The SMILES string of the molecule is BrC12CC3CC(C1)CC(Br)(C3)C2(Br)Br. The lowest BCUT2D eigenvalue weighted by molar-refractivity contribution is 0.0640. The van der Waals surface area contributed by atoms with Crippen molar-refractivity contribution in [3.63, 3.8) is 0 Å². The maximum absolute atomic E-state index is 3.99. The van der Waals surface area contributed by atoms with Crippen molar-refractivity contribution in [3.8, 4) is 0 Å². The van der Waals surface area contributed by atoms with Crippen molar-refractivity contribution in [2.45, 2.75) is 44.0 Å². The molecule has 0 heterocycles. The third-order valence-electron chi connectivity index (χ3n) is 4.24. The first-order chi connectivity index (χ1) is 6.36. The van der Waals surface area contributed by atoms with Crippen molar-refractivity contribution in [2.75, 3.05) is 0 Å². The maximum Gasteiger partial charge on any atom is 0.111 e. The highest BCUT2D eigenvalue weighted by molar-refractivity contribution is 9.27. The normalized spacial score (nSPS) is 59.1. The number of hydrogen-bond acceptors (Lipinski definition) is 0. The largest absolute Gasteiger partial charge is 0.111 e. The van der Waals surface area contributed by atoms with Gasteiger partial charge in [0.05, 0.1) is 8.65 Å². The van der Waals surface area contributed by atoms with Crippen molar-refractivity contribution in [1.29, 1.82) is 0 Å². The minimum Gasteiger partial charge on any atom is -0.0828 e. The third-order valence-corrected chi connectivity index (χ3v) is 11.9. The summed E-state index contributed by atoms with van der Waals surface area (Å²) in [4.78, 5) is 0. The van der Waals surface area contributed by atoms with E-state index in [2.05, 4.69) is 63.7 Å². The highest BCUT2D eigenvalue weighted by Gasteiger charge is 2.69. The fourth-order valence-corrected chi connectivity index (χ4v) is 8.01. The molecule has 14 heavy (non-hydrogen) atoms. The number of halogens is 4. The molecule has 0 saturated heterocycles. The summed E-state index contributed by atoms with van der Waals surface area (Å²) in [7, 11) is 0. The van der Waals surface area contributed by atoms with E-state index in [1.165, 1.54) is 32.1 Å². The summed E-state index contributed by atoms with van der Waals surface area (Å²) in [5, 5.41) is 0. The summed E-state index contributed by atoms with van der Waals surface area (Å²) in [5.74, 6) is 1.84. The molecular formula is C10H12Br4. The van der Waals surface area contributed by atoms with Crippen LogP contribution in [0.4, 0.5) is 0 Å². The summed E-state index contributed by atoms with van der Waals surface area (Å²) >= 11 is 15.8. The second kappa shape index (κ2) is 3.02. The molecule has 0 aliphatic heterocycles. The zero-order valence-corrected chi connectivity index (χ0v) is 14.0. The Morgan fingerprint density at radius 2 is 1.07 bits per heavy atom. The van der Waals surface area contributed by atoms with Gasteiger partial charge in [0.15, 0.2) is 0 Å². The van der Waals surface area contributed by atoms with Crippen molar-refractivity contribution >= 4 is 63.7 Å². The fourth-order valence-electron chi connectivity index (χ4n) is 3.86. The predicted octanol–water partition coefficient (Wildman–Crippen LogP) is 4.96. The second-order valence-electron chi connectivity index (χ2n) is 5.29. The maximum atomic E-state index is 3.99. The molecule has 0 N–H and O–H groups in total. The zero-order chi connectivity index (χ0) is 10.2. The summed E-state index contributed by atoms with van der Waals surface area (Å²) < 4.78 is 0.550. The molecule has 4 heteroatoms. The van der Waals surface area contributed by atoms with Crippen LogP contribution >= 0.6 is 63.7 Å². The van der Waals surface area contributed by atoms with Gasteiger partial charge in [0, 0.05) is 0 Å². The number of alkyl halides is 4. The first kappa shape index (κ1) is 11.0. The molecule has 0 radical (unpaired) electrons. The summed E-state index contributed by atoms with van der Waals surface area (Å²) in [6.45, 7) is 0. The Labute approximate surface area is 118 Å². The van der Waals surface area contributed by atoms with Crippen molar-refractivity contribution in [3.05, 3.63) is 0 Å². The van der Waals surface area contributed by atoms with Crippen LogP contribution in [0.2, 0.25) is 0 Å². The van der Waals surface area contributed by atoms with Crippen LogP contribution in [-0.4, -0.2) is 11.9 Å². The van der Waals surface area contributed by atoms with Crippen LogP contribution in [0.3, 0.4) is 0 Å². The standard InChI is InChI=1S/C10H12Br4/c11-8-2-6-1-7(4-8)5-9(12,3-6)10(8,13)14/h6-7H,1-5H2. The van der Waals surface area contributed by atoms with E-state index in [-0.39, 0.29) is 11.9 Å². The van der Waals surface area contributed by atoms with Gasteiger partial charge in [0.25, 0.3) is 0 Å². The molecule has 0 aromatic heterocycles. The minimum absolute atomic E-state index is 0.0351. The van der Waals surface area contributed by atoms with Crippen molar-refractivity contribution in [2.24, 2.45) is 11.8 Å². The molecule has 4 fully saturated rings. The van der Waals surface area contributed by atoms with Gasteiger partial charge in [0.1, 0.15) is 3.23 Å². The molecule has 4 rings (SSSR count). The first-order valence-corrected chi connectivity index (χ1v) is 8.29. The lowest BCUT2D eigenvalue weighted by Gasteiger charge is -2.65. The van der Waals surface area contributed by atoms with E-state index in [4.69, 9.17) is 0 Å². The van der Waals surface area contributed by atoms with Gasteiger partial charge in [-0.05, 0) is 43.9 Å². The predicted molar refractivity (Wildman–Crippen MR) is 74.0 cm³/mol. The Morgan fingerprint density at radius 3 is 1.43 bits per heavy atom. The Bertz CT molecular complexity index is 248. The molecule has 0 spiro atoms. The van der Waals surface area contributed by atoms with Crippen LogP contribution in [0.1, 0.15) is 32.1 Å². The number of rotatable bonds is 0. The molecule has 0 unspecified atom stereocenters. The van der Waals surface area contributed by atoms with Gasteiger partial charge in [-0.2, -0.15) is 0 Å². The molecule has 80 valence electrons. The molecule has 4 aliphatic rings. The van der Waals surface area contributed by atoms with Gasteiger partial charge < -0.3 is 0 Å². The van der Waals surface area contributed by atoms with Gasteiger partial charge in [0.2, 0.25) is 0 Å². The molecule has 0 atom stereocenters. The first-order valence-electron chi connectivity index (χ1n) is 5.12. The molecule has 4 aliphatic carbocycles. The molecular weight excluding hydrogens is 440 g/mol. The minimum atomic E-state index is 0.0351. The van der Waals surface area contributed by atoms with Crippen LogP contribution in [0.15, 0.2) is 0 Å². The van der Waals surface area contributed by atoms with Crippen LogP contribution in [-0.2, 0) is 0 Å². The van der Waals surface area contributed by atoms with Gasteiger partial charge in [-0.15, -0.1) is 0 Å². The molecule has 4 saturated carbocycles. The Hall–Kier alpha value is 1.92. The van der Waals surface area contributed by atoms with E-state index in [1.807, 2.05) is 0 Å². The lowest BCUT2D eigenvalue weighted by Crippen LogP contribution is -2.66. The van der Waals surface area contributed by atoms with E-state index >= 15 is 0 Å². The number of hydrogen-bond donors (Lipinski definition) is 0. The highest BCUT2D eigenvalue weighted by atomic mass is 79.9. The van der Waals surface area contributed by atoms with E-state index in [9.17, 15) is 0 Å². The molecule has 0 amide bonds. The fraction of sp³-hybridized carbons (Fsp3) is 1.00. The van der Waals surface area contributed by atoms with Gasteiger partial charge in [-0.1, -0.05) is 63.7 Å². The smallest absolute Gasteiger partial charge is 0.0828 e. The average Bonchev–Trinajstić information content (AvgIpc) is 1.98. The van der Waals surface area contributed by atoms with Gasteiger partial charge in [-0.3, -0.25) is 0 Å². The Kier molecular flexibility index (Phi) is 2.38. The average molecular weight is 452 g/mol. The van der Waals surface area contributed by atoms with Crippen LogP contribution in [0.25, 0.3) is 0 Å². The summed E-state index contributed by atoms with van der Waals surface area (Å²) in [6.07, 6.45) is 6.71. The van der Waals surface area contributed by atoms with Crippen LogP contribution in [0, 0.1) is 11.8 Å². The second-order valence-corrected chi connectivity index (χ2v) is 11.8.